The Morgan fingerprint density at radius 2 is 1.91 bits per heavy atom. The van der Waals surface area contributed by atoms with Crippen LogP contribution in [-0.2, 0) is 17.7 Å². The van der Waals surface area contributed by atoms with Gasteiger partial charge in [0.25, 0.3) is 0 Å². The number of nitrogens with zero attached hydrogens (tertiary/aromatic N) is 1. The van der Waals surface area contributed by atoms with Crippen LogP contribution in [0, 0.1) is 5.82 Å². The Balaban J connectivity index is 1.36. The van der Waals surface area contributed by atoms with Crippen LogP contribution in [0.25, 0.3) is 11.3 Å². The normalized spacial score (nSPS) is 20.7. The molecule has 3 heterocycles. The summed E-state index contributed by atoms with van der Waals surface area (Å²) in [5, 5.41) is 13.7. The molecule has 1 fully saturated rings. The second-order valence-electron chi connectivity index (χ2n) is 11.2. The number of nitrogens with two attached hydrogens (primary N) is 1. The Bertz CT molecular complexity index is 1620. The van der Waals surface area contributed by atoms with E-state index in [1.165, 1.54) is 24.3 Å². The van der Waals surface area contributed by atoms with E-state index in [0.717, 1.165) is 31.0 Å². The van der Waals surface area contributed by atoms with Crippen molar-refractivity contribution in [3.05, 3.63) is 70.7 Å². The maximum Gasteiger partial charge on any atom is 0.422 e. The summed E-state index contributed by atoms with van der Waals surface area (Å²) in [5.41, 5.74) is 1.65. The summed E-state index contributed by atoms with van der Waals surface area (Å²) in [6, 6.07) is 8.71. The number of nitrogens with one attached hydrogen (secondary N) is 1. The number of ether oxygens (including phenoxy) is 3. The van der Waals surface area contributed by atoms with Crippen molar-refractivity contribution in [3.8, 4) is 28.5 Å². The van der Waals surface area contributed by atoms with E-state index in [9.17, 15) is 32.3 Å². The van der Waals surface area contributed by atoms with Gasteiger partial charge in [0, 0.05) is 35.2 Å². The molecule has 226 valence electrons. The number of hydrogen-bond acceptors (Lipinski definition) is 8. The van der Waals surface area contributed by atoms with Gasteiger partial charge < -0.3 is 30.4 Å². The highest BCUT2D eigenvalue weighted by Crippen LogP contribution is 2.48. The Morgan fingerprint density at radius 3 is 2.58 bits per heavy atom. The molecule has 43 heavy (non-hydrogen) atoms. The number of alkyl halides is 3. The fourth-order valence-corrected chi connectivity index (χ4v) is 5.09. The zero-order valence-corrected chi connectivity index (χ0v) is 22.9. The maximum absolute atomic E-state index is 14.7. The van der Waals surface area contributed by atoms with E-state index < -0.39 is 53.5 Å². The van der Waals surface area contributed by atoms with E-state index in [0.29, 0.717) is 5.56 Å². The van der Waals surface area contributed by atoms with Crippen LogP contribution in [0.5, 0.6) is 17.2 Å². The van der Waals surface area contributed by atoms with Crippen molar-refractivity contribution >= 4 is 11.9 Å². The highest BCUT2D eigenvalue weighted by Gasteiger charge is 2.57. The molecule has 9 nitrogen and oxygen atoms in total. The van der Waals surface area contributed by atoms with Crippen LogP contribution in [0.3, 0.4) is 0 Å². The summed E-state index contributed by atoms with van der Waals surface area (Å²) >= 11 is 0. The quantitative estimate of drug-likeness (QED) is 0.243. The zero-order valence-electron chi connectivity index (χ0n) is 22.9. The van der Waals surface area contributed by atoms with Crippen molar-refractivity contribution in [2.45, 2.75) is 62.6 Å². The molecular weight excluding hydrogens is 574 g/mol. The monoisotopic (exact) mass is 601 g/mol. The lowest BCUT2D eigenvalue weighted by Gasteiger charge is -2.31. The minimum atomic E-state index is -5.24. The molecule has 2 aliphatic heterocycles. The molecule has 6 rings (SSSR count). The lowest BCUT2D eigenvalue weighted by molar-refractivity contribution is -0.270. The number of amides is 1. The average Bonchev–Trinajstić information content (AvgIpc) is 3.72. The minimum absolute atomic E-state index is 0.0357. The first-order valence-electron chi connectivity index (χ1n) is 13.6. The number of aromatic nitrogens is 1. The van der Waals surface area contributed by atoms with Crippen LogP contribution in [0.2, 0.25) is 0 Å². The molecule has 3 aliphatic rings. The Kier molecular flexibility index (Phi) is 6.85. The van der Waals surface area contributed by atoms with Gasteiger partial charge in [0.05, 0.1) is 17.3 Å². The first kappa shape index (κ1) is 28.9. The summed E-state index contributed by atoms with van der Waals surface area (Å²) in [6.45, 7) is 1.54. The highest BCUT2D eigenvalue weighted by molar-refractivity contribution is 5.97. The summed E-state index contributed by atoms with van der Waals surface area (Å²) in [7, 11) is 0. The molecule has 1 amide bonds. The number of hydrogen-bond donors (Lipinski definition) is 3. The predicted molar refractivity (Wildman–Crippen MR) is 143 cm³/mol. The lowest BCUT2D eigenvalue weighted by atomic mass is 9.86. The van der Waals surface area contributed by atoms with Crippen LogP contribution in [-0.4, -0.2) is 40.9 Å². The molecule has 0 radical (unpaired) electrons. The van der Waals surface area contributed by atoms with E-state index in [4.69, 9.17) is 19.9 Å². The van der Waals surface area contributed by atoms with E-state index in [1.54, 1.807) is 6.92 Å². The summed E-state index contributed by atoms with van der Waals surface area (Å²) < 4.78 is 74.3. The third kappa shape index (κ3) is 5.38. The predicted octanol–water partition coefficient (Wildman–Crippen LogP) is 5.01. The van der Waals surface area contributed by atoms with Gasteiger partial charge in [0.1, 0.15) is 18.1 Å². The molecule has 3 aromatic rings. The standard InChI is InChI=1S/C30H27F4N3O6/c1-28(35)14-41-26-20(28)12-23(37-24(26)15-2-4-18(31)5-3-15)29(40,30(32,33)34)9-8-21(38)16-10-17-13-36-27(39)43-25(17)22(11-16)42-19-6-7-19/h2-5,10-12,19,40H,6-9,13-14,35H2,1H3,(H,36,39). The van der Waals surface area contributed by atoms with Crippen LogP contribution in [0.4, 0.5) is 22.4 Å². The Labute approximate surface area is 243 Å². The largest absolute Gasteiger partial charge is 0.489 e. The molecule has 2 unspecified atom stereocenters. The van der Waals surface area contributed by atoms with Crippen molar-refractivity contribution in [1.82, 2.24) is 10.3 Å². The number of halogens is 4. The Morgan fingerprint density at radius 1 is 1.19 bits per heavy atom. The second kappa shape index (κ2) is 10.2. The molecule has 2 atom stereocenters. The smallest absolute Gasteiger partial charge is 0.422 e. The number of benzene rings is 2. The molecule has 13 heteroatoms. The van der Waals surface area contributed by atoms with Gasteiger partial charge in [-0.1, -0.05) is 0 Å². The molecule has 1 aromatic heterocycles. The Hall–Kier alpha value is -4.23. The van der Waals surface area contributed by atoms with Gasteiger partial charge in [-0.15, -0.1) is 0 Å². The molecule has 1 aliphatic carbocycles. The van der Waals surface area contributed by atoms with Crippen molar-refractivity contribution in [2.24, 2.45) is 5.73 Å². The van der Waals surface area contributed by atoms with Crippen LogP contribution < -0.4 is 25.3 Å². The number of carbonyl (C=O) groups excluding carboxylic acids is 2. The first-order chi connectivity index (χ1) is 20.2. The number of rotatable bonds is 8. The summed E-state index contributed by atoms with van der Waals surface area (Å²) in [4.78, 5) is 29.2. The lowest BCUT2D eigenvalue weighted by Crippen LogP contribution is -2.44. The molecule has 0 bridgehead atoms. The van der Waals surface area contributed by atoms with Crippen LogP contribution in [0.15, 0.2) is 42.5 Å². The minimum Gasteiger partial charge on any atom is -0.489 e. The zero-order chi connectivity index (χ0) is 30.7. The fourth-order valence-electron chi connectivity index (χ4n) is 5.09. The third-order valence-corrected chi connectivity index (χ3v) is 7.72. The van der Waals surface area contributed by atoms with E-state index in [-0.39, 0.29) is 58.9 Å². The molecule has 0 saturated heterocycles. The van der Waals surface area contributed by atoms with Gasteiger partial charge >= 0.3 is 12.3 Å². The molecule has 4 N–H and O–H groups in total. The molecule has 2 aromatic carbocycles. The van der Waals surface area contributed by atoms with Crippen LogP contribution >= 0.6 is 0 Å². The first-order valence-corrected chi connectivity index (χ1v) is 13.6. The van der Waals surface area contributed by atoms with Gasteiger partial charge in [-0.2, -0.15) is 13.2 Å². The van der Waals surface area contributed by atoms with Gasteiger partial charge in [0.15, 0.2) is 23.0 Å². The number of pyridine rings is 1. The third-order valence-electron chi connectivity index (χ3n) is 7.72. The highest BCUT2D eigenvalue weighted by atomic mass is 19.4. The number of carbonyl (C=O) groups is 2. The number of fused-ring (bicyclic) bond motifs is 2. The van der Waals surface area contributed by atoms with Gasteiger partial charge in [-0.25, -0.2) is 14.2 Å². The van der Waals surface area contributed by atoms with E-state index in [1.807, 2.05) is 0 Å². The number of aliphatic hydroxyl groups is 1. The maximum atomic E-state index is 14.7. The average molecular weight is 602 g/mol. The van der Waals surface area contributed by atoms with Crippen molar-refractivity contribution in [2.75, 3.05) is 6.61 Å². The fraction of sp³-hybridized carbons (Fsp3) is 0.367. The SMILES string of the molecule is CC1(N)COc2c1cc(C(O)(CCC(=O)c1cc3c(c(OC4CC4)c1)OC(=O)NC3)C(F)(F)F)nc2-c1ccc(F)cc1. The van der Waals surface area contributed by atoms with Crippen molar-refractivity contribution in [1.29, 1.82) is 0 Å². The second-order valence-corrected chi connectivity index (χ2v) is 11.2. The topological polar surface area (TPSA) is 133 Å². The van der Waals surface area contributed by atoms with E-state index >= 15 is 0 Å². The van der Waals surface area contributed by atoms with Crippen LogP contribution in [0.1, 0.15) is 59.8 Å². The van der Waals surface area contributed by atoms with Crippen molar-refractivity contribution in [3.63, 3.8) is 0 Å². The summed E-state index contributed by atoms with van der Waals surface area (Å²) in [5.74, 6) is -0.826. The molecule has 0 spiro atoms. The van der Waals surface area contributed by atoms with Gasteiger partial charge in [0.2, 0.25) is 5.60 Å². The summed E-state index contributed by atoms with van der Waals surface area (Å²) in [6.07, 6.45) is -6.27. The van der Waals surface area contributed by atoms with Gasteiger partial charge in [-0.3, -0.25) is 4.79 Å². The molecule has 1 saturated carbocycles. The van der Waals surface area contributed by atoms with Crippen molar-refractivity contribution < 1.29 is 46.5 Å². The number of ketones is 1. The van der Waals surface area contributed by atoms with Gasteiger partial charge in [-0.05, 0) is 68.7 Å². The number of Topliss-reactive ketones (excluding diaryl/α,β-unsaturated/α-hetero) is 1. The molecular formula is C30H27F4N3O6. The van der Waals surface area contributed by atoms with E-state index in [2.05, 4.69) is 10.3 Å².